The van der Waals surface area contributed by atoms with Crippen LogP contribution >= 0.6 is 11.3 Å². The van der Waals surface area contributed by atoms with Crippen LogP contribution < -0.4 is 5.56 Å². The first-order chi connectivity index (χ1) is 10.7. The van der Waals surface area contributed by atoms with Crippen molar-refractivity contribution in [1.29, 1.82) is 0 Å². The predicted octanol–water partition coefficient (Wildman–Crippen LogP) is 0.599. The van der Waals surface area contributed by atoms with Gasteiger partial charge in [-0.25, -0.2) is 0 Å². The Bertz CT molecular complexity index is 896. The lowest BCUT2D eigenvalue weighted by Gasteiger charge is -2.21. The fourth-order valence-corrected chi connectivity index (χ4v) is 4.10. The molecule has 0 spiro atoms. The molecule has 3 aromatic rings. The Labute approximate surface area is 130 Å². The van der Waals surface area contributed by atoms with Crippen LogP contribution in [0.2, 0.25) is 0 Å². The van der Waals surface area contributed by atoms with Gasteiger partial charge in [0.05, 0.1) is 18.7 Å². The average Bonchev–Trinajstić information content (AvgIpc) is 3.23. The minimum absolute atomic E-state index is 0.0362. The third kappa shape index (κ3) is 1.91. The summed E-state index contributed by atoms with van der Waals surface area (Å²) in [5.74, 6) is 1.37. The number of hydrogen-bond donors (Lipinski definition) is 1. The van der Waals surface area contributed by atoms with Gasteiger partial charge in [0, 0.05) is 13.1 Å². The molecule has 1 atom stereocenters. The molecular formula is C14H17N5O2S. The molecule has 1 fully saturated rings. The zero-order valence-electron chi connectivity index (χ0n) is 12.3. The topological polar surface area (TPSA) is 75.7 Å². The molecule has 1 aliphatic heterocycles. The zero-order chi connectivity index (χ0) is 15.3. The highest BCUT2D eigenvalue weighted by Gasteiger charge is 2.26. The molecule has 3 aromatic heterocycles. The smallest absolute Gasteiger partial charge is 0.272 e. The van der Waals surface area contributed by atoms with Crippen LogP contribution in [0.15, 0.2) is 16.2 Å². The van der Waals surface area contributed by atoms with Gasteiger partial charge in [0.1, 0.15) is 4.70 Å². The fourth-order valence-electron chi connectivity index (χ4n) is 3.25. The maximum Gasteiger partial charge on any atom is 0.272 e. The normalized spacial score (nSPS) is 19.6. The van der Waals surface area contributed by atoms with E-state index in [1.807, 2.05) is 15.8 Å². The van der Waals surface area contributed by atoms with Crippen LogP contribution in [0.5, 0.6) is 0 Å². The van der Waals surface area contributed by atoms with Crippen LogP contribution in [0.3, 0.4) is 0 Å². The SMILES string of the molecule is Cn1c(=O)c2sccc2n2c(CN3CCC[C@H]3CO)nnc12. The van der Waals surface area contributed by atoms with E-state index >= 15 is 0 Å². The monoisotopic (exact) mass is 319 g/mol. The molecule has 116 valence electrons. The predicted molar refractivity (Wildman–Crippen MR) is 84.1 cm³/mol. The van der Waals surface area contributed by atoms with Gasteiger partial charge in [-0.15, -0.1) is 21.5 Å². The van der Waals surface area contributed by atoms with Gasteiger partial charge in [0.15, 0.2) is 5.82 Å². The molecule has 7 nitrogen and oxygen atoms in total. The Kier molecular flexibility index (Phi) is 3.24. The second-order valence-electron chi connectivity index (χ2n) is 5.70. The van der Waals surface area contributed by atoms with Crippen molar-refractivity contribution in [3.63, 3.8) is 0 Å². The number of aliphatic hydroxyl groups excluding tert-OH is 1. The van der Waals surface area contributed by atoms with Crippen molar-refractivity contribution in [3.8, 4) is 0 Å². The summed E-state index contributed by atoms with van der Waals surface area (Å²) in [5.41, 5.74) is 0.828. The number of thiophene rings is 1. The molecule has 4 rings (SSSR count). The third-order valence-corrected chi connectivity index (χ3v) is 5.34. The van der Waals surface area contributed by atoms with E-state index in [-0.39, 0.29) is 18.2 Å². The van der Waals surface area contributed by atoms with E-state index in [0.717, 1.165) is 35.4 Å². The van der Waals surface area contributed by atoms with Crippen LogP contribution in [-0.2, 0) is 13.6 Å². The number of aromatic nitrogens is 4. The van der Waals surface area contributed by atoms with Crippen LogP contribution in [0.4, 0.5) is 0 Å². The maximum absolute atomic E-state index is 12.3. The van der Waals surface area contributed by atoms with Crippen molar-refractivity contribution in [2.75, 3.05) is 13.2 Å². The van der Waals surface area contributed by atoms with E-state index in [1.54, 1.807) is 11.6 Å². The number of aliphatic hydroxyl groups is 1. The number of aryl methyl sites for hydroxylation is 1. The lowest BCUT2D eigenvalue weighted by Crippen LogP contribution is -2.32. The summed E-state index contributed by atoms with van der Waals surface area (Å²) < 4.78 is 4.22. The van der Waals surface area contributed by atoms with E-state index in [2.05, 4.69) is 15.1 Å². The summed E-state index contributed by atoms with van der Waals surface area (Å²) in [5, 5.41) is 19.9. The molecule has 0 aromatic carbocycles. The first-order valence-electron chi connectivity index (χ1n) is 7.36. The summed E-state index contributed by atoms with van der Waals surface area (Å²) >= 11 is 1.44. The lowest BCUT2D eigenvalue weighted by atomic mass is 10.2. The molecule has 0 unspecified atom stereocenters. The number of fused-ring (bicyclic) bond motifs is 3. The van der Waals surface area contributed by atoms with Gasteiger partial charge in [-0.1, -0.05) is 0 Å². The van der Waals surface area contributed by atoms with Crippen LogP contribution in [0, 0.1) is 0 Å². The highest BCUT2D eigenvalue weighted by molar-refractivity contribution is 7.17. The lowest BCUT2D eigenvalue weighted by molar-refractivity contribution is 0.151. The Morgan fingerprint density at radius 2 is 2.32 bits per heavy atom. The molecule has 1 saturated heterocycles. The maximum atomic E-state index is 12.3. The second-order valence-corrected chi connectivity index (χ2v) is 6.62. The first-order valence-corrected chi connectivity index (χ1v) is 8.24. The van der Waals surface area contributed by atoms with Crippen molar-refractivity contribution in [2.24, 2.45) is 7.05 Å². The van der Waals surface area contributed by atoms with E-state index in [1.165, 1.54) is 11.3 Å². The molecular weight excluding hydrogens is 302 g/mol. The largest absolute Gasteiger partial charge is 0.395 e. The highest BCUT2D eigenvalue weighted by Crippen LogP contribution is 2.22. The quantitative estimate of drug-likeness (QED) is 0.765. The minimum Gasteiger partial charge on any atom is -0.395 e. The molecule has 8 heteroatoms. The van der Waals surface area contributed by atoms with E-state index in [0.29, 0.717) is 12.3 Å². The van der Waals surface area contributed by atoms with Gasteiger partial charge in [0.25, 0.3) is 5.56 Å². The molecule has 0 amide bonds. The first kappa shape index (κ1) is 13.9. The van der Waals surface area contributed by atoms with Crippen molar-refractivity contribution < 1.29 is 5.11 Å². The molecule has 1 aliphatic rings. The van der Waals surface area contributed by atoms with Gasteiger partial charge in [-0.2, -0.15) is 0 Å². The zero-order valence-corrected chi connectivity index (χ0v) is 13.1. The molecule has 0 saturated carbocycles. The minimum atomic E-state index is -0.0362. The molecule has 4 heterocycles. The van der Waals surface area contributed by atoms with Crippen LogP contribution in [0.1, 0.15) is 18.7 Å². The number of likely N-dealkylation sites (tertiary alicyclic amines) is 1. The van der Waals surface area contributed by atoms with Gasteiger partial charge in [-0.05, 0) is 30.8 Å². The summed E-state index contributed by atoms with van der Waals surface area (Å²) in [6, 6.07) is 2.13. The fraction of sp³-hybridized carbons (Fsp3) is 0.500. The third-order valence-electron chi connectivity index (χ3n) is 4.45. The van der Waals surface area contributed by atoms with E-state index in [4.69, 9.17) is 0 Å². The van der Waals surface area contributed by atoms with Crippen molar-refractivity contribution >= 4 is 27.3 Å². The highest BCUT2D eigenvalue weighted by atomic mass is 32.1. The van der Waals surface area contributed by atoms with Crippen LogP contribution in [-0.4, -0.2) is 48.4 Å². The van der Waals surface area contributed by atoms with Crippen molar-refractivity contribution in [3.05, 3.63) is 27.6 Å². The second kappa shape index (κ2) is 5.15. The Balaban J connectivity index is 1.87. The summed E-state index contributed by atoms with van der Waals surface area (Å²) in [6.45, 7) is 1.76. The van der Waals surface area contributed by atoms with E-state index in [9.17, 15) is 9.90 Å². The Morgan fingerprint density at radius 1 is 1.45 bits per heavy atom. The number of rotatable bonds is 3. The molecule has 1 N–H and O–H groups in total. The number of nitrogens with zero attached hydrogens (tertiary/aromatic N) is 5. The standard InChI is InChI=1S/C14H17N5O2S/c1-17-13(21)12-10(4-6-22-12)19-11(15-16-14(17)19)7-18-5-2-3-9(18)8-20/h4,6,9,20H,2-3,5,7-8H2,1H3/t9-/m0/s1. The summed E-state index contributed by atoms with van der Waals surface area (Å²) in [4.78, 5) is 14.5. The average molecular weight is 319 g/mol. The molecule has 0 radical (unpaired) electrons. The molecule has 22 heavy (non-hydrogen) atoms. The Morgan fingerprint density at radius 3 is 3.14 bits per heavy atom. The van der Waals surface area contributed by atoms with Crippen molar-refractivity contribution in [1.82, 2.24) is 24.1 Å². The Hall–Kier alpha value is -1.77. The van der Waals surface area contributed by atoms with Gasteiger partial charge in [0.2, 0.25) is 5.78 Å². The molecule has 0 bridgehead atoms. The van der Waals surface area contributed by atoms with E-state index < -0.39 is 0 Å². The van der Waals surface area contributed by atoms with Gasteiger partial charge < -0.3 is 5.11 Å². The van der Waals surface area contributed by atoms with Crippen LogP contribution in [0.25, 0.3) is 16.0 Å². The van der Waals surface area contributed by atoms with Gasteiger partial charge >= 0.3 is 0 Å². The van der Waals surface area contributed by atoms with Crippen molar-refractivity contribution in [2.45, 2.75) is 25.4 Å². The number of hydrogen-bond acceptors (Lipinski definition) is 6. The summed E-state index contributed by atoms with van der Waals surface area (Å²) in [6.07, 6.45) is 2.11. The molecule has 0 aliphatic carbocycles. The summed E-state index contributed by atoms with van der Waals surface area (Å²) in [7, 11) is 1.72. The van der Waals surface area contributed by atoms with Gasteiger partial charge in [-0.3, -0.25) is 18.7 Å².